The molecule has 0 unspecified atom stereocenters. The van der Waals surface area contributed by atoms with Crippen LogP contribution in [0.25, 0.3) is 11.1 Å². The lowest BCUT2D eigenvalue weighted by Gasteiger charge is -2.26. The first-order chi connectivity index (χ1) is 9.65. The molecule has 0 amide bonds. The monoisotopic (exact) mass is 270 g/mol. The zero-order valence-electron chi connectivity index (χ0n) is 11.0. The fourth-order valence-electron chi connectivity index (χ4n) is 2.65. The van der Waals surface area contributed by atoms with Gasteiger partial charge in [-0.15, -0.1) is 0 Å². The second-order valence-corrected chi connectivity index (χ2v) is 5.25. The highest BCUT2D eigenvalue weighted by Crippen LogP contribution is 2.38. The van der Waals surface area contributed by atoms with E-state index in [2.05, 4.69) is 6.07 Å². The predicted molar refractivity (Wildman–Crippen MR) is 75.4 cm³/mol. The molecular weight excluding hydrogens is 255 g/mol. The highest BCUT2D eigenvalue weighted by molar-refractivity contribution is 5.96. The van der Waals surface area contributed by atoms with Crippen LogP contribution in [0.15, 0.2) is 42.5 Å². The van der Waals surface area contributed by atoms with Crippen molar-refractivity contribution in [2.24, 2.45) is 0 Å². The van der Waals surface area contributed by atoms with E-state index < -0.39 is 11.8 Å². The molecule has 0 heterocycles. The van der Waals surface area contributed by atoms with Gasteiger partial charge in [0.25, 0.3) is 0 Å². The number of hydrogen-bond acceptors (Lipinski definition) is 1. The van der Waals surface area contributed by atoms with Crippen LogP contribution in [0.1, 0.15) is 41.1 Å². The third-order valence-electron chi connectivity index (χ3n) is 3.99. The molecule has 102 valence electrons. The summed E-state index contributed by atoms with van der Waals surface area (Å²) in [5, 5.41) is 9.22. The van der Waals surface area contributed by atoms with Crippen LogP contribution in [0.5, 0.6) is 0 Å². The van der Waals surface area contributed by atoms with Crippen molar-refractivity contribution in [2.75, 3.05) is 0 Å². The first-order valence-corrected chi connectivity index (χ1v) is 6.78. The molecule has 20 heavy (non-hydrogen) atoms. The van der Waals surface area contributed by atoms with Gasteiger partial charge in [0, 0.05) is 0 Å². The molecule has 0 radical (unpaired) electrons. The minimum absolute atomic E-state index is 0.00996. The van der Waals surface area contributed by atoms with E-state index in [4.69, 9.17) is 0 Å². The van der Waals surface area contributed by atoms with Gasteiger partial charge >= 0.3 is 5.97 Å². The van der Waals surface area contributed by atoms with Gasteiger partial charge in [-0.05, 0) is 47.6 Å². The molecule has 0 bridgehead atoms. The zero-order valence-corrected chi connectivity index (χ0v) is 11.0. The van der Waals surface area contributed by atoms with E-state index in [1.165, 1.54) is 30.9 Å². The van der Waals surface area contributed by atoms with E-state index >= 15 is 0 Å². The van der Waals surface area contributed by atoms with Crippen LogP contribution in [0.3, 0.4) is 0 Å². The molecule has 2 nitrogen and oxygen atoms in total. The van der Waals surface area contributed by atoms with E-state index in [1.54, 1.807) is 6.07 Å². The van der Waals surface area contributed by atoms with Gasteiger partial charge in [-0.25, -0.2) is 9.18 Å². The van der Waals surface area contributed by atoms with Gasteiger partial charge in [-0.1, -0.05) is 36.8 Å². The fourth-order valence-corrected chi connectivity index (χ4v) is 2.65. The Morgan fingerprint density at radius 3 is 2.60 bits per heavy atom. The van der Waals surface area contributed by atoms with E-state index in [1.807, 2.05) is 18.2 Å². The second kappa shape index (κ2) is 5.08. The van der Waals surface area contributed by atoms with Gasteiger partial charge in [0.15, 0.2) is 0 Å². The van der Waals surface area contributed by atoms with Gasteiger partial charge in [0.05, 0.1) is 5.56 Å². The van der Waals surface area contributed by atoms with Crippen molar-refractivity contribution in [3.63, 3.8) is 0 Å². The maximum Gasteiger partial charge on any atom is 0.336 e. The summed E-state index contributed by atoms with van der Waals surface area (Å²) in [5.41, 5.74) is 2.66. The van der Waals surface area contributed by atoms with Crippen molar-refractivity contribution in [3.05, 3.63) is 59.4 Å². The molecular formula is C17H15FO2. The van der Waals surface area contributed by atoms with Crippen molar-refractivity contribution < 1.29 is 14.3 Å². The molecule has 2 aromatic carbocycles. The topological polar surface area (TPSA) is 37.3 Å². The SMILES string of the molecule is O=C(O)c1cc(F)ccc1-c1cccc(C2CCC2)c1. The smallest absolute Gasteiger partial charge is 0.336 e. The van der Waals surface area contributed by atoms with Crippen molar-refractivity contribution in [2.45, 2.75) is 25.2 Å². The first kappa shape index (κ1) is 12.9. The van der Waals surface area contributed by atoms with Crippen molar-refractivity contribution in [1.29, 1.82) is 0 Å². The average molecular weight is 270 g/mol. The molecule has 0 aliphatic heterocycles. The van der Waals surface area contributed by atoms with Crippen LogP contribution in [0.4, 0.5) is 4.39 Å². The maximum atomic E-state index is 13.2. The predicted octanol–water partition coefficient (Wildman–Crippen LogP) is 4.46. The van der Waals surface area contributed by atoms with Gasteiger partial charge in [0.2, 0.25) is 0 Å². The molecule has 1 saturated carbocycles. The highest BCUT2D eigenvalue weighted by Gasteiger charge is 2.20. The van der Waals surface area contributed by atoms with Crippen LogP contribution in [0.2, 0.25) is 0 Å². The Morgan fingerprint density at radius 1 is 1.15 bits per heavy atom. The normalized spacial score (nSPS) is 14.8. The Labute approximate surface area is 116 Å². The lowest BCUT2D eigenvalue weighted by molar-refractivity contribution is 0.0697. The van der Waals surface area contributed by atoms with Crippen molar-refractivity contribution >= 4 is 5.97 Å². The summed E-state index contributed by atoms with van der Waals surface area (Å²) in [4.78, 5) is 11.3. The summed E-state index contributed by atoms with van der Waals surface area (Å²) < 4.78 is 13.2. The Kier molecular flexibility index (Phi) is 3.26. The number of carboxylic acids is 1. The van der Waals surface area contributed by atoms with Crippen LogP contribution in [-0.4, -0.2) is 11.1 Å². The van der Waals surface area contributed by atoms with Crippen LogP contribution < -0.4 is 0 Å². The molecule has 1 aliphatic carbocycles. The maximum absolute atomic E-state index is 13.2. The number of carbonyl (C=O) groups is 1. The molecule has 2 aromatic rings. The number of halogens is 1. The third kappa shape index (κ3) is 2.31. The van der Waals surface area contributed by atoms with Gasteiger partial charge < -0.3 is 5.11 Å². The Hall–Kier alpha value is -2.16. The number of rotatable bonds is 3. The average Bonchev–Trinajstić information content (AvgIpc) is 2.37. The minimum atomic E-state index is -1.10. The molecule has 0 aromatic heterocycles. The quantitative estimate of drug-likeness (QED) is 0.894. The molecule has 3 rings (SSSR count). The van der Waals surface area contributed by atoms with Crippen LogP contribution in [-0.2, 0) is 0 Å². The number of aromatic carboxylic acids is 1. The van der Waals surface area contributed by atoms with Gasteiger partial charge in [0.1, 0.15) is 5.82 Å². The van der Waals surface area contributed by atoms with Gasteiger partial charge in [-0.3, -0.25) is 0 Å². The molecule has 3 heteroatoms. The number of carboxylic acid groups (broad SMARTS) is 1. The van der Waals surface area contributed by atoms with Gasteiger partial charge in [-0.2, -0.15) is 0 Å². The molecule has 1 N–H and O–H groups in total. The lowest BCUT2D eigenvalue weighted by atomic mass is 9.79. The lowest BCUT2D eigenvalue weighted by Crippen LogP contribution is -2.08. The standard InChI is InChI=1S/C17H15FO2/c18-14-7-8-15(16(10-14)17(19)20)13-6-2-5-12(9-13)11-3-1-4-11/h2,5-11H,1,3-4H2,(H,19,20). The van der Waals surface area contributed by atoms with Crippen molar-refractivity contribution in [1.82, 2.24) is 0 Å². The van der Waals surface area contributed by atoms with Crippen molar-refractivity contribution in [3.8, 4) is 11.1 Å². The van der Waals surface area contributed by atoms with E-state index in [0.29, 0.717) is 11.5 Å². The summed E-state index contributed by atoms with van der Waals surface area (Å²) in [5.74, 6) is -1.04. The van der Waals surface area contributed by atoms with E-state index in [9.17, 15) is 14.3 Å². The molecule has 0 spiro atoms. The molecule has 1 aliphatic rings. The van der Waals surface area contributed by atoms with E-state index in [0.717, 1.165) is 11.6 Å². The second-order valence-electron chi connectivity index (χ2n) is 5.25. The third-order valence-corrected chi connectivity index (χ3v) is 3.99. The Bertz CT molecular complexity index is 660. The zero-order chi connectivity index (χ0) is 14.1. The molecule has 0 saturated heterocycles. The van der Waals surface area contributed by atoms with E-state index in [-0.39, 0.29) is 5.56 Å². The van der Waals surface area contributed by atoms with Crippen LogP contribution in [0, 0.1) is 5.82 Å². The summed E-state index contributed by atoms with van der Waals surface area (Å²) >= 11 is 0. The first-order valence-electron chi connectivity index (χ1n) is 6.78. The number of benzene rings is 2. The largest absolute Gasteiger partial charge is 0.478 e. The fraction of sp³-hybridized carbons (Fsp3) is 0.235. The highest BCUT2D eigenvalue weighted by atomic mass is 19.1. The summed E-state index contributed by atoms with van der Waals surface area (Å²) in [7, 11) is 0. The summed E-state index contributed by atoms with van der Waals surface area (Å²) in [6, 6.07) is 11.9. The summed E-state index contributed by atoms with van der Waals surface area (Å²) in [6.45, 7) is 0. The summed E-state index contributed by atoms with van der Waals surface area (Å²) in [6.07, 6.45) is 3.64. The van der Waals surface area contributed by atoms with Crippen LogP contribution >= 0.6 is 0 Å². The molecule has 0 atom stereocenters. The minimum Gasteiger partial charge on any atom is -0.478 e. The molecule has 1 fully saturated rings. The Balaban J connectivity index is 2.06. The Morgan fingerprint density at radius 2 is 1.95 bits per heavy atom. The number of hydrogen-bond donors (Lipinski definition) is 1.